The Morgan fingerprint density at radius 2 is 1.73 bits per heavy atom. The second-order valence-corrected chi connectivity index (χ2v) is 10.8. The largest absolute Gasteiger partial charge is 0.330 e. The van der Waals surface area contributed by atoms with Gasteiger partial charge in [-0.05, 0) is 29.2 Å². The first kappa shape index (κ1) is 24.4. The molecule has 0 saturated carbocycles. The third-order valence-electron chi connectivity index (χ3n) is 6.27. The number of hydrogen-bond donors (Lipinski definition) is 1. The van der Waals surface area contributed by atoms with Gasteiger partial charge in [-0.2, -0.15) is 8.42 Å². The van der Waals surface area contributed by atoms with Crippen molar-refractivity contribution in [3.05, 3.63) is 88.7 Å². The molecule has 3 aromatic heterocycles. The summed E-state index contributed by atoms with van der Waals surface area (Å²) in [5.41, 5.74) is 4.25. The number of nitrogens with zero attached hydrogens (tertiary/aromatic N) is 6. The molecule has 0 amide bonds. The zero-order valence-electron chi connectivity index (χ0n) is 21.0. The van der Waals surface area contributed by atoms with Crippen molar-refractivity contribution in [1.29, 1.82) is 0 Å². The van der Waals surface area contributed by atoms with Crippen LogP contribution in [0.2, 0.25) is 0 Å². The summed E-state index contributed by atoms with van der Waals surface area (Å²) < 4.78 is 32.3. The molecule has 0 unspecified atom stereocenters. The molecule has 0 aliphatic rings. The summed E-state index contributed by atoms with van der Waals surface area (Å²) in [5.74, 6) is 0.858. The Morgan fingerprint density at radius 1 is 1.00 bits per heavy atom. The highest BCUT2D eigenvalue weighted by molar-refractivity contribution is 7.92. The van der Waals surface area contributed by atoms with E-state index in [2.05, 4.69) is 34.6 Å². The summed E-state index contributed by atoms with van der Waals surface area (Å²) in [7, 11) is -0.509. The van der Waals surface area contributed by atoms with E-state index in [0.717, 1.165) is 16.7 Å². The minimum atomic E-state index is -3.82. The van der Waals surface area contributed by atoms with Crippen LogP contribution in [-0.4, -0.2) is 37.1 Å². The van der Waals surface area contributed by atoms with Crippen LogP contribution in [0.1, 0.15) is 30.9 Å². The Labute approximate surface area is 214 Å². The van der Waals surface area contributed by atoms with Crippen LogP contribution in [-0.2, 0) is 30.7 Å². The fourth-order valence-electron chi connectivity index (χ4n) is 4.33. The molecule has 0 atom stereocenters. The average Bonchev–Trinajstić information content (AvgIpc) is 3.42. The van der Waals surface area contributed by atoms with Crippen LogP contribution in [0.5, 0.6) is 0 Å². The van der Waals surface area contributed by atoms with Gasteiger partial charge in [0.15, 0.2) is 11.5 Å². The van der Waals surface area contributed by atoms with Crippen molar-refractivity contribution in [2.75, 3.05) is 4.72 Å². The number of rotatable bonds is 7. The summed E-state index contributed by atoms with van der Waals surface area (Å²) in [6.45, 7) is 4.51. The lowest BCUT2D eigenvalue weighted by Crippen LogP contribution is -2.23. The second kappa shape index (κ2) is 9.32. The van der Waals surface area contributed by atoms with Crippen molar-refractivity contribution in [1.82, 2.24) is 28.7 Å². The van der Waals surface area contributed by atoms with Crippen molar-refractivity contribution in [2.24, 2.45) is 14.1 Å². The van der Waals surface area contributed by atoms with Gasteiger partial charge < -0.3 is 4.57 Å². The van der Waals surface area contributed by atoms with Gasteiger partial charge in [-0.15, -0.1) is 0 Å². The van der Waals surface area contributed by atoms with E-state index >= 15 is 0 Å². The number of imidazole rings is 2. The molecule has 190 valence electrons. The summed E-state index contributed by atoms with van der Waals surface area (Å²) >= 11 is 0. The van der Waals surface area contributed by atoms with E-state index in [-0.39, 0.29) is 17.4 Å². The number of aromatic nitrogens is 6. The Kier molecular flexibility index (Phi) is 6.16. The number of sulfonamides is 1. The van der Waals surface area contributed by atoms with Crippen LogP contribution in [0, 0.1) is 0 Å². The van der Waals surface area contributed by atoms with Crippen LogP contribution in [0.25, 0.3) is 22.6 Å². The van der Waals surface area contributed by atoms with Crippen LogP contribution in [0.15, 0.2) is 77.1 Å². The second-order valence-electron chi connectivity index (χ2n) is 9.20. The summed E-state index contributed by atoms with van der Waals surface area (Å²) in [4.78, 5) is 26.4. The van der Waals surface area contributed by atoms with Crippen molar-refractivity contribution in [3.8, 4) is 11.4 Å². The molecule has 0 fully saturated rings. The predicted molar refractivity (Wildman–Crippen MR) is 142 cm³/mol. The summed E-state index contributed by atoms with van der Waals surface area (Å²) in [5, 5.41) is -0.0755. The molecule has 10 nitrogen and oxygen atoms in total. The minimum Gasteiger partial charge on any atom is -0.323 e. The molecule has 0 aliphatic heterocycles. The number of fused-ring (bicyclic) bond motifs is 1. The van der Waals surface area contributed by atoms with E-state index in [1.54, 1.807) is 55.3 Å². The standard InChI is InChI=1S/C26H27N7O3S/c1-17(2)20-7-5-6-8-21(20)23-28-15-22-24(29-23)33(26(34)32(22)4)16-18-9-11-19(12-10-18)30-37(35,36)25-27-13-14-31(25)3/h5-15,17,30H,16H2,1-4H3. The van der Waals surface area contributed by atoms with Gasteiger partial charge in [0, 0.05) is 37.7 Å². The highest BCUT2D eigenvalue weighted by Gasteiger charge is 2.20. The van der Waals surface area contributed by atoms with Crippen molar-refractivity contribution in [2.45, 2.75) is 31.5 Å². The molecule has 5 rings (SSSR count). The summed E-state index contributed by atoms with van der Waals surface area (Å²) in [6, 6.07) is 14.9. The van der Waals surface area contributed by atoms with Gasteiger partial charge >= 0.3 is 5.69 Å². The highest BCUT2D eigenvalue weighted by Crippen LogP contribution is 2.27. The maximum absolute atomic E-state index is 13.1. The molecule has 0 spiro atoms. The maximum Gasteiger partial charge on any atom is 0.330 e. The lowest BCUT2D eigenvalue weighted by Gasteiger charge is -2.12. The van der Waals surface area contributed by atoms with Crippen molar-refractivity contribution in [3.63, 3.8) is 0 Å². The van der Waals surface area contributed by atoms with Gasteiger partial charge in [-0.1, -0.05) is 50.2 Å². The Bertz CT molecular complexity index is 1760. The van der Waals surface area contributed by atoms with Crippen molar-refractivity contribution < 1.29 is 8.42 Å². The first-order valence-electron chi connectivity index (χ1n) is 11.8. The van der Waals surface area contributed by atoms with E-state index in [1.165, 1.54) is 15.3 Å². The molecule has 0 radical (unpaired) electrons. The topological polar surface area (TPSA) is 117 Å². The minimum absolute atomic E-state index is 0.0755. The number of hydrogen-bond acceptors (Lipinski definition) is 6. The molecular weight excluding hydrogens is 490 g/mol. The maximum atomic E-state index is 13.1. The van der Waals surface area contributed by atoms with Gasteiger partial charge in [0.25, 0.3) is 10.0 Å². The monoisotopic (exact) mass is 517 g/mol. The summed E-state index contributed by atoms with van der Waals surface area (Å²) in [6.07, 6.45) is 4.67. The van der Waals surface area contributed by atoms with E-state index in [9.17, 15) is 13.2 Å². The molecule has 11 heteroatoms. The van der Waals surface area contributed by atoms with E-state index < -0.39 is 10.0 Å². The predicted octanol–water partition coefficient (Wildman–Crippen LogP) is 3.50. The van der Waals surface area contributed by atoms with Gasteiger partial charge in [0.2, 0.25) is 5.16 Å². The van der Waals surface area contributed by atoms with Crippen molar-refractivity contribution >= 4 is 26.9 Å². The van der Waals surface area contributed by atoms with Crippen LogP contribution < -0.4 is 10.4 Å². The molecule has 37 heavy (non-hydrogen) atoms. The SMILES string of the molecule is CC(C)c1ccccc1-c1ncc2c(n1)n(Cc1ccc(NS(=O)(=O)c3nccn3C)cc1)c(=O)n2C. The van der Waals surface area contributed by atoms with Gasteiger partial charge in [-0.25, -0.2) is 19.7 Å². The molecule has 0 bridgehead atoms. The van der Waals surface area contributed by atoms with E-state index in [1.807, 2.05) is 18.2 Å². The van der Waals surface area contributed by atoms with E-state index in [4.69, 9.17) is 4.98 Å². The third kappa shape index (κ3) is 4.53. The van der Waals surface area contributed by atoms with Crippen LogP contribution in [0.3, 0.4) is 0 Å². The molecule has 2 aromatic carbocycles. The normalized spacial score (nSPS) is 11.9. The fourth-order valence-corrected chi connectivity index (χ4v) is 5.50. The molecule has 0 saturated heterocycles. The first-order valence-corrected chi connectivity index (χ1v) is 13.2. The average molecular weight is 518 g/mol. The Morgan fingerprint density at radius 3 is 2.41 bits per heavy atom. The van der Waals surface area contributed by atoms with Gasteiger partial charge in [0.05, 0.1) is 12.7 Å². The number of nitrogens with one attached hydrogen (secondary N) is 1. The third-order valence-corrected chi connectivity index (χ3v) is 7.65. The van der Waals surface area contributed by atoms with E-state index in [0.29, 0.717) is 28.6 Å². The molecular formula is C26H27N7O3S. The lowest BCUT2D eigenvalue weighted by atomic mass is 9.97. The van der Waals surface area contributed by atoms with Crippen LogP contribution in [0.4, 0.5) is 5.69 Å². The number of aryl methyl sites for hydroxylation is 2. The highest BCUT2D eigenvalue weighted by atomic mass is 32.2. The Balaban J connectivity index is 1.47. The Hall–Kier alpha value is -4.25. The van der Waals surface area contributed by atoms with Crippen LogP contribution >= 0.6 is 0 Å². The molecule has 1 N–H and O–H groups in total. The zero-order valence-corrected chi connectivity index (χ0v) is 21.8. The smallest absolute Gasteiger partial charge is 0.323 e. The first-order chi connectivity index (χ1) is 17.7. The quantitative estimate of drug-likeness (QED) is 0.353. The number of anilines is 1. The molecule has 5 aromatic rings. The van der Waals surface area contributed by atoms with Gasteiger partial charge in [0.1, 0.15) is 5.52 Å². The molecule has 0 aliphatic carbocycles. The van der Waals surface area contributed by atoms with Gasteiger partial charge in [-0.3, -0.25) is 13.9 Å². The fraction of sp³-hybridized carbons (Fsp3) is 0.231. The lowest BCUT2D eigenvalue weighted by molar-refractivity contribution is 0.584. The zero-order chi connectivity index (χ0) is 26.3. The molecule has 3 heterocycles. The number of benzene rings is 2.